The van der Waals surface area contributed by atoms with Gasteiger partial charge in [-0.1, -0.05) is 25.9 Å². The first-order valence-electron chi connectivity index (χ1n) is 6.84. The third-order valence-corrected chi connectivity index (χ3v) is 2.84. The molecule has 104 valence electrons. The molecule has 2 heterocycles. The Morgan fingerprint density at radius 2 is 2.26 bits per heavy atom. The number of hydrogen-bond donors (Lipinski definition) is 1. The molecule has 0 aliphatic rings. The highest BCUT2D eigenvalue weighted by Crippen LogP contribution is 2.06. The lowest BCUT2D eigenvalue weighted by Crippen LogP contribution is -2.18. The van der Waals surface area contributed by atoms with Crippen LogP contribution in [0, 0.1) is 5.92 Å². The number of aryl methyl sites for hydroxylation is 1. The van der Waals surface area contributed by atoms with Crippen molar-refractivity contribution in [3.63, 3.8) is 0 Å². The minimum atomic E-state index is 0.636. The molecule has 0 spiro atoms. The summed E-state index contributed by atoms with van der Waals surface area (Å²) in [5, 5.41) is 7.32. The van der Waals surface area contributed by atoms with Crippen LogP contribution in [0.2, 0.25) is 0 Å². The average Bonchev–Trinajstić information content (AvgIpc) is 2.99. The summed E-state index contributed by atoms with van der Waals surface area (Å²) >= 11 is 0. The topological polar surface area (TPSA) is 55.9 Å². The highest BCUT2D eigenvalue weighted by Gasteiger charge is 2.05. The van der Waals surface area contributed by atoms with Gasteiger partial charge >= 0.3 is 0 Å². The summed E-state index contributed by atoms with van der Waals surface area (Å²) in [4.78, 5) is 4.30. The van der Waals surface area contributed by atoms with E-state index in [-0.39, 0.29) is 0 Å². The summed E-state index contributed by atoms with van der Waals surface area (Å²) in [5.41, 5.74) is 1.27. The average molecular weight is 262 g/mol. The summed E-state index contributed by atoms with van der Waals surface area (Å²) in [6.07, 6.45) is 4.96. The van der Waals surface area contributed by atoms with E-state index in [4.69, 9.17) is 4.52 Å². The zero-order valence-electron chi connectivity index (χ0n) is 11.9. The quantitative estimate of drug-likeness (QED) is 0.831. The van der Waals surface area contributed by atoms with Crippen molar-refractivity contribution in [3.05, 3.63) is 35.7 Å². The molecule has 0 saturated heterocycles. The van der Waals surface area contributed by atoms with Crippen molar-refractivity contribution < 1.29 is 4.52 Å². The maximum absolute atomic E-state index is 5.18. The van der Waals surface area contributed by atoms with Gasteiger partial charge in [-0.15, -0.1) is 0 Å². The van der Waals surface area contributed by atoms with Crippen LogP contribution in [0.15, 0.2) is 23.0 Å². The lowest BCUT2D eigenvalue weighted by atomic mass is 10.2. The second-order valence-corrected chi connectivity index (χ2v) is 5.17. The molecule has 0 aromatic carbocycles. The van der Waals surface area contributed by atoms with Crippen molar-refractivity contribution in [1.29, 1.82) is 0 Å². The Hall–Kier alpha value is -1.62. The number of hydrogen-bond acceptors (Lipinski definition) is 4. The van der Waals surface area contributed by atoms with Gasteiger partial charge in [0, 0.05) is 25.4 Å². The molecular formula is C14H22N4O. The van der Waals surface area contributed by atoms with E-state index in [1.54, 1.807) is 0 Å². The predicted molar refractivity (Wildman–Crippen MR) is 73.8 cm³/mol. The van der Waals surface area contributed by atoms with Crippen molar-refractivity contribution in [3.8, 4) is 0 Å². The van der Waals surface area contributed by atoms with E-state index < -0.39 is 0 Å². The summed E-state index contributed by atoms with van der Waals surface area (Å²) in [6, 6.07) is 2.12. The summed E-state index contributed by atoms with van der Waals surface area (Å²) in [7, 11) is 0. The lowest BCUT2D eigenvalue weighted by Gasteiger charge is -2.05. The van der Waals surface area contributed by atoms with Crippen LogP contribution in [0.5, 0.6) is 0 Å². The molecular weight excluding hydrogens is 240 g/mol. The van der Waals surface area contributed by atoms with E-state index in [1.807, 2.05) is 13.1 Å². The van der Waals surface area contributed by atoms with Gasteiger partial charge in [0.2, 0.25) is 5.89 Å². The summed E-state index contributed by atoms with van der Waals surface area (Å²) in [6.45, 7) is 9.00. The minimum absolute atomic E-state index is 0.636. The Bertz CT molecular complexity index is 501. The van der Waals surface area contributed by atoms with E-state index in [0.29, 0.717) is 18.4 Å². The van der Waals surface area contributed by atoms with Crippen LogP contribution in [0.4, 0.5) is 0 Å². The molecule has 5 heteroatoms. The van der Waals surface area contributed by atoms with Gasteiger partial charge in [0.15, 0.2) is 5.82 Å². The molecule has 5 nitrogen and oxygen atoms in total. The highest BCUT2D eigenvalue weighted by atomic mass is 16.5. The second kappa shape index (κ2) is 6.52. The molecule has 0 radical (unpaired) electrons. The highest BCUT2D eigenvalue weighted by molar-refractivity contribution is 5.10. The lowest BCUT2D eigenvalue weighted by molar-refractivity contribution is 0.366. The Morgan fingerprint density at radius 1 is 1.42 bits per heavy atom. The summed E-state index contributed by atoms with van der Waals surface area (Å²) < 4.78 is 7.25. The van der Waals surface area contributed by atoms with Crippen LogP contribution >= 0.6 is 0 Å². The maximum atomic E-state index is 5.18. The number of nitrogens with one attached hydrogen (secondary N) is 1. The molecule has 2 aromatic rings. The number of rotatable bonds is 7. The predicted octanol–water partition coefficient (Wildman–Crippen LogP) is 2.23. The van der Waals surface area contributed by atoms with Gasteiger partial charge < -0.3 is 14.4 Å². The van der Waals surface area contributed by atoms with Crippen molar-refractivity contribution in [2.24, 2.45) is 5.92 Å². The normalized spacial score (nSPS) is 11.4. The van der Waals surface area contributed by atoms with Crippen molar-refractivity contribution in [1.82, 2.24) is 20.0 Å². The van der Waals surface area contributed by atoms with Crippen molar-refractivity contribution in [2.75, 3.05) is 6.54 Å². The number of nitrogens with zero attached hydrogens (tertiary/aromatic N) is 3. The van der Waals surface area contributed by atoms with E-state index in [2.05, 4.69) is 46.1 Å². The molecule has 1 N–H and O–H groups in total. The van der Waals surface area contributed by atoms with Gasteiger partial charge in [0.25, 0.3) is 0 Å². The fourth-order valence-corrected chi connectivity index (χ4v) is 1.85. The molecule has 0 saturated carbocycles. The first-order valence-corrected chi connectivity index (χ1v) is 6.84. The molecule has 2 rings (SSSR count). The Kier molecular flexibility index (Phi) is 4.74. The monoisotopic (exact) mass is 262 g/mol. The minimum Gasteiger partial charge on any atom is -0.345 e. The first kappa shape index (κ1) is 13.8. The van der Waals surface area contributed by atoms with E-state index in [1.165, 1.54) is 5.56 Å². The van der Waals surface area contributed by atoms with Crippen LogP contribution in [0.3, 0.4) is 0 Å². The fraction of sp³-hybridized carbons (Fsp3) is 0.571. The van der Waals surface area contributed by atoms with Gasteiger partial charge in [-0.2, -0.15) is 4.98 Å². The maximum Gasteiger partial charge on any atom is 0.246 e. The van der Waals surface area contributed by atoms with Crippen LogP contribution < -0.4 is 5.32 Å². The Labute approximate surface area is 114 Å². The molecule has 2 aromatic heterocycles. The second-order valence-electron chi connectivity index (χ2n) is 5.17. The molecule has 0 bridgehead atoms. The van der Waals surface area contributed by atoms with Crippen LogP contribution in [0.25, 0.3) is 0 Å². The first-order chi connectivity index (χ1) is 9.17. The molecule has 0 aliphatic carbocycles. The molecule has 0 unspecified atom stereocenters. The third kappa shape index (κ3) is 4.21. The van der Waals surface area contributed by atoms with Gasteiger partial charge in [-0.25, -0.2) is 0 Å². The van der Waals surface area contributed by atoms with Crippen molar-refractivity contribution >= 4 is 0 Å². The van der Waals surface area contributed by atoms with E-state index in [0.717, 1.165) is 25.3 Å². The largest absolute Gasteiger partial charge is 0.345 e. The van der Waals surface area contributed by atoms with Gasteiger partial charge in [-0.05, 0) is 24.1 Å². The van der Waals surface area contributed by atoms with Gasteiger partial charge in [-0.3, -0.25) is 0 Å². The third-order valence-electron chi connectivity index (χ3n) is 2.84. The van der Waals surface area contributed by atoms with Crippen LogP contribution in [-0.2, 0) is 19.5 Å². The molecule has 0 atom stereocenters. The smallest absolute Gasteiger partial charge is 0.246 e. The zero-order chi connectivity index (χ0) is 13.7. The SMILES string of the molecule is CCc1noc(Cn2ccc(CNCC(C)C)c2)n1. The van der Waals surface area contributed by atoms with Gasteiger partial charge in [0.05, 0.1) is 0 Å². The Balaban J connectivity index is 1.86. The molecule has 0 fully saturated rings. The van der Waals surface area contributed by atoms with E-state index in [9.17, 15) is 0 Å². The molecule has 0 amide bonds. The standard InChI is InChI=1S/C14H22N4O/c1-4-13-16-14(19-17-13)10-18-6-5-12(9-18)8-15-7-11(2)3/h5-6,9,11,15H,4,7-8,10H2,1-3H3. The number of aromatic nitrogens is 3. The van der Waals surface area contributed by atoms with Crippen LogP contribution in [-0.4, -0.2) is 21.3 Å². The van der Waals surface area contributed by atoms with Gasteiger partial charge in [0.1, 0.15) is 6.54 Å². The molecule has 19 heavy (non-hydrogen) atoms. The zero-order valence-corrected chi connectivity index (χ0v) is 11.9. The summed E-state index contributed by atoms with van der Waals surface area (Å²) in [5.74, 6) is 2.10. The Morgan fingerprint density at radius 3 is 2.95 bits per heavy atom. The van der Waals surface area contributed by atoms with Crippen LogP contribution in [0.1, 0.15) is 38.0 Å². The van der Waals surface area contributed by atoms with E-state index >= 15 is 0 Å². The van der Waals surface area contributed by atoms with Crippen molar-refractivity contribution in [2.45, 2.75) is 40.3 Å². The fourth-order valence-electron chi connectivity index (χ4n) is 1.85. The molecule has 0 aliphatic heterocycles.